The molecule has 0 saturated carbocycles. The van der Waals surface area contributed by atoms with Crippen molar-refractivity contribution in [2.45, 2.75) is 31.0 Å². The molecule has 0 amide bonds. The average molecular weight is 387 g/mol. The van der Waals surface area contributed by atoms with Crippen LogP contribution < -0.4 is 16.4 Å². The zero-order chi connectivity index (χ0) is 19.7. The van der Waals surface area contributed by atoms with E-state index in [2.05, 4.69) is 20.6 Å². The summed E-state index contributed by atoms with van der Waals surface area (Å²) in [5.41, 5.74) is 1.49. The first kappa shape index (κ1) is 19.3. The van der Waals surface area contributed by atoms with E-state index in [1.54, 1.807) is 0 Å². The molecule has 146 valence electrons. The minimum atomic E-state index is -5.03. The van der Waals surface area contributed by atoms with Gasteiger partial charge in [-0.1, -0.05) is 18.2 Å². The van der Waals surface area contributed by atoms with Crippen LogP contribution in [-0.2, 0) is 12.1 Å². The predicted molar refractivity (Wildman–Crippen MR) is 90.4 cm³/mol. The number of nitrogens with zero attached hydrogens (tertiary/aromatic N) is 2. The molecule has 2 heterocycles. The lowest BCUT2D eigenvalue weighted by Gasteiger charge is -2.25. The van der Waals surface area contributed by atoms with E-state index in [0.29, 0.717) is 12.7 Å². The van der Waals surface area contributed by atoms with Crippen molar-refractivity contribution in [2.75, 3.05) is 24.1 Å². The summed E-state index contributed by atoms with van der Waals surface area (Å²) < 4.78 is 69.9. The lowest BCUT2D eigenvalue weighted by molar-refractivity contribution is -0.141. The number of alkyl halides is 5. The highest BCUT2D eigenvalue weighted by molar-refractivity contribution is 5.52. The van der Waals surface area contributed by atoms with E-state index in [4.69, 9.17) is 5.73 Å². The number of hydrogen-bond acceptors (Lipinski definition) is 5. The third-order valence-electron chi connectivity index (χ3n) is 4.32. The van der Waals surface area contributed by atoms with Crippen molar-refractivity contribution in [1.29, 1.82) is 0 Å². The van der Waals surface area contributed by atoms with Crippen LogP contribution in [0.1, 0.15) is 29.7 Å². The third-order valence-corrected chi connectivity index (χ3v) is 4.32. The first-order chi connectivity index (χ1) is 12.7. The van der Waals surface area contributed by atoms with Crippen molar-refractivity contribution in [3.63, 3.8) is 0 Å². The second kappa shape index (κ2) is 7.26. The van der Waals surface area contributed by atoms with Gasteiger partial charge in [0, 0.05) is 24.5 Å². The van der Waals surface area contributed by atoms with Crippen LogP contribution in [0.3, 0.4) is 0 Å². The van der Waals surface area contributed by atoms with Gasteiger partial charge in [0.15, 0.2) is 0 Å². The maximum absolute atomic E-state index is 15.0. The Labute approximate surface area is 152 Å². The van der Waals surface area contributed by atoms with Gasteiger partial charge in [0.05, 0.1) is 5.56 Å². The van der Waals surface area contributed by atoms with Crippen molar-refractivity contribution in [3.8, 4) is 0 Å². The van der Waals surface area contributed by atoms with E-state index in [1.165, 1.54) is 18.2 Å². The second-order valence-electron chi connectivity index (χ2n) is 6.30. The number of benzene rings is 1. The first-order valence-corrected chi connectivity index (χ1v) is 8.34. The lowest BCUT2D eigenvalue weighted by Crippen LogP contribution is -2.39. The molecule has 27 heavy (non-hydrogen) atoms. The van der Waals surface area contributed by atoms with Crippen LogP contribution in [-0.4, -0.2) is 29.1 Å². The molecular formula is C17H18F5N5. The zero-order valence-electron chi connectivity index (χ0n) is 14.2. The Kier molecular flexibility index (Phi) is 5.18. The van der Waals surface area contributed by atoms with E-state index in [1.807, 2.05) is 0 Å². The highest BCUT2D eigenvalue weighted by Gasteiger charge is 2.47. The summed E-state index contributed by atoms with van der Waals surface area (Å²) in [6.45, 7) is 1.37. The van der Waals surface area contributed by atoms with Crippen LogP contribution in [0.25, 0.3) is 0 Å². The molecule has 10 heteroatoms. The minimum absolute atomic E-state index is 0.154. The van der Waals surface area contributed by atoms with Gasteiger partial charge in [-0.25, -0.2) is 9.97 Å². The summed E-state index contributed by atoms with van der Waals surface area (Å²) in [6, 6.07) is 4.72. The van der Waals surface area contributed by atoms with Crippen molar-refractivity contribution < 1.29 is 22.0 Å². The van der Waals surface area contributed by atoms with Gasteiger partial charge in [0.1, 0.15) is 11.3 Å². The fraction of sp³-hybridized carbons (Fsp3) is 0.412. The molecule has 0 bridgehead atoms. The fourth-order valence-electron chi connectivity index (χ4n) is 2.97. The molecule has 1 aromatic heterocycles. The largest absolute Gasteiger partial charge is 0.419 e. The van der Waals surface area contributed by atoms with Gasteiger partial charge in [0.25, 0.3) is 0 Å². The Bertz CT molecular complexity index is 803. The number of hydrogen-bond donors (Lipinski definition) is 3. The van der Waals surface area contributed by atoms with E-state index in [9.17, 15) is 22.0 Å². The van der Waals surface area contributed by atoms with E-state index in [0.717, 1.165) is 25.5 Å². The molecule has 1 saturated heterocycles. The summed E-state index contributed by atoms with van der Waals surface area (Å²) in [4.78, 5) is 7.14. The van der Waals surface area contributed by atoms with Crippen LogP contribution >= 0.6 is 0 Å². The Morgan fingerprint density at radius 1 is 1.11 bits per heavy atom. The highest BCUT2D eigenvalue weighted by atomic mass is 19.4. The summed E-state index contributed by atoms with van der Waals surface area (Å²) in [7, 11) is 0. The molecule has 5 nitrogen and oxygen atoms in total. The molecule has 0 aliphatic carbocycles. The summed E-state index contributed by atoms with van der Waals surface area (Å²) >= 11 is 0. The number of anilines is 2. The number of para-hydroxylation sites is 1. The normalized spacial score (nSPS) is 18.3. The zero-order valence-corrected chi connectivity index (χ0v) is 14.2. The number of aromatic nitrogens is 2. The van der Waals surface area contributed by atoms with Crippen molar-refractivity contribution in [1.82, 2.24) is 15.3 Å². The van der Waals surface area contributed by atoms with Gasteiger partial charge < -0.3 is 16.4 Å². The molecule has 1 aliphatic heterocycles. The van der Waals surface area contributed by atoms with Crippen LogP contribution in [0.4, 0.5) is 33.6 Å². The first-order valence-electron chi connectivity index (χ1n) is 8.34. The number of piperidine rings is 1. The van der Waals surface area contributed by atoms with Crippen LogP contribution in [0.15, 0.2) is 30.5 Å². The summed E-state index contributed by atoms with van der Waals surface area (Å²) in [5, 5.41) is 5.93. The molecule has 0 spiro atoms. The monoisotopic (exact) mass is 387 g/mol. The van der Waals surface area contributed by atoms with Gasteiger partial charge >= 0.3 is 12.1 Å². The average Bonchev–Trinajstić information content (AvgIpc) is 2.62. The molecule has 0 radical (unpaired) electrons. The molecule has 3 rings (SSSR count). The predicted octanol–water partition coefficient (Wildman–Crippen LogP) is 3.38. The number of rotatable bonds is 4. The topological polar surface area (TPSA) is 75.9 Å². The quantitative estimate of drug-likeness (QED) is 0.554. The second-order valence-corrected chi connectivity index (χ2v) is 6.30. The maximum atomic E-state index is 15.0. The fourth-order valence-corrected chi connectivity index (χ4v) is 2.97. The highest BCUT2D eigenvalue weighted by Crippen LogP contribution is 2.43. The third kappa shape index (κ3) is 4.10. The number of nitrogens with one attached hydrogen (secondary N) is 2. The van der Waals surface area contributed by atoms with Crippen molar-refractivity contribution in [3.05, 3.63) is 47.3 Å². The SMILES string of the molecule is Nc1ccccc1C(F)(F)c1nc(N[C@H]2CCCNC2)ncc1C(F)(F)F. The molecule has 0 unspecified atom stereocenters. The molecule has 1 aliphatic rings. The lowest BCUT2D eigenvalue weighted by atomic mass is 10.00. The molecule has 1 aromatic carbocycles. The van der Waals surface area contributed by atoms with Gasteiger partial charge in [-0.05, 0) is 25.5 Å². The van der Waals surface area contributed by atoms with Gasteiger partial charge in [-0.3, -0.25) is 0 Å². The van der Waals surface area contributed by atoms with Gasteiger partial charge in [-0.15, -0.1) is 0 Å². The molecule has 1 fully saturated rings. The van der Waals surface area contributed by atoms with E-state index >= 15 is 0 Å². The molecule has 4 N–H and O–H groups in total. The summed E-state index contributed by atoms with van der Waals surface area (Å²) in [5.74, 6) is -4.32. The number of nitrogens with two attached hydrogens (primary N) is 1. The number of nitrogen functional groups attached to an aromatic ring is 1. The van der Waals surface area contributed by atoms with Crippen LogP contribution in [0.2, 0.25) is 0 Å². The Balaban J connectivity index is 2.04. The van der Waals surface area contributed by atoms with E-state index in [-0.39, 0.29) is 17.7 Å². The summed E-state index contributed by atoms with van der Waals surface area (Å²) in [6.07, 6.45) is -3.07. The Morgan fingerprint density at radius 3 is 2.48 bits per heavy atom. The molecule has 1 atom stereocenters. The minimum Gasteiger partial charge on any atom is -0.398 e. The van der Waals surface area contributed by atoms with Crippen LogP contribution in [0.5, 0.6) is 0 Å². The molecular weight excluding hydrogens is 369 g/mol. The van der Waals surface area contributed by atoms with E-state index < -0.39 is 28.9 Å². The van der Waals surface area contributed by atoms with Crippen molar-refractivity contribution in [2.24, 2.45) is 0 Å². The Hall–Kier alpha value is -2.49. The molecule has 2 aromatic rings. The van der Waals surface area contributed by atoms with Gasteiger partial charge in [-0.2, -0.15) is 22.0 Å². The van der Waals surface area contributed by atoms with Crippen molar-refractivity contribution >= 4 is 11.6 Å². The maximum Gasteiger partial charge on any atom is 0.419 e. The standard InChI is InChI=1S/C17H18F5N5/c18-16(19,11-5-1-2-6-13(11)23)14-12(17(20,21)22)9-25-15(27-14)26-10-4-3-7-24-8-10/h1-2,5-6,9-10,24H,3-4,7-8,23H2,(H,25,26,27)/t10-/m0/s1. The smallest absolute Gasteiger partial charge is 0.398 e. The Morgan fingerprint density at radius 2 is 1.85 bits per heavy atom. The van der Waals surface area contributed by atoms with Gasteiger partial charge in [0.2, 0.25) is 5.95 Å². The van der Waals surface area contributed by atoms with Crippen LogP contribution in [0, 0.1) is 0 Å². The number of halogens is 5.